The second-order valence-electron chi connectivity index (χ2n) is 5.99. The number of benzene rings is 1. The van der Waals surface area contributed by atoms with Crippen molar-refractivity contribution in [3.05, 3.63) is 24.3 Å². The zero-order valence-electron chi connectivity index (χ0n) is 14.2. The van der Waals surface area contributed by atoms with E-state index in [1.54, 1.807) is 17.0 Å². The van der Waals surface area contributed by atoms with Crippen LogP contribution in [0.15, 0.2) is 24.3 Å². The van der Waals surface area contributed by atoms with Gasteiger partial charge in [-0.15, -0.1) is 0 Å². The molecule has 1 saturated heterocycles. The second-order valence-corrected chi connectivity index (χ2v) is 5.99. The summed E-state index contributed by atoms with van der Waals surface area (Å²) < 4.78 is 0. The van der Waals surface area contributed by atoms with E-state index in [0.29, 0.717) is 31.6 Å². The van der Waals surface area contributed by atoms with E-state index in [-0.39, 0.29) is 5.91 Å². The van der Waals surface area contributed by atoms with Gasteiger partial charge in [-0.2, -0.15) is 0 Å². The molecule has 0 atom stereocenters. The number of rotatable bonds is 6. The van der Waals surface area contributed by atoms with Crippen molar-refractivity contribution in [2.75, 3.05) is 43.9 Å². The lowest BCUT2D eigenvalue weighted by molar-refractivity contribution is -0.136. The molecule has 2 N–H and O–H groups in total. The molecule has 1 fully saturated rings. The van der Waals surface area contributed by atoms with Gasteiger partial charge in [0, 0.05) is 51.5 Å². The topological polar surface area (TPSA) is 81.8 Å². The summed E-state index contributed by atoms with van der Waals surface area (Å²) in [4.78, 5) is 38.9. The van der Waals surface area contributed by atoms with E-state index in [1.165, 1.54) is 0 Å². The molecule has 1 aliphatic rings. The Morgan fingerprint density at radius 3 is 2.71 bits per heavy atom. The van der Waals surface area contributed by atoms with Crippen LogP contribution in [0.4, 0.5) is 11.4 Å². The van der Waals surface area contributed by atoms with E-state index in [0.717, 1.165) is 18.7 Å². The highest BCUT2D eigenvalue weighted by Crippen LogP contribution is 2.17. The van der Waals surface area contributed by atoms with Crippen LogP contribution in [0.2, 0.25) is 0 Å². The van der Waals surface area contributed by atoms with Crippen molar-refractivity contribution in [3.8, 4) is 0 Å². The number of likely N-dealkylation sites (tertiary alicyclic amines) is 1. The largest absolute Gasteiger partial charge is 0.378 e. The third-order valence-electron chi connectivity index (χ3n) is 3.89. The summed E-state index contributed by atoms with van der Waals surface area (Å²) in [6.45, 7) is 1.77. The van der Waals surface area contributed by atoms with Gasteiger partial charge in [0.05, 0.1) is 0 Å². The number of carbonyl (C=O) groups excluding carboxylic acids is 3. The van der Waals surface area contributed by atoms with Gasteiger partial charge in [-0.3, -0.25) is 14.4 Å². The first kappa shape index (κ1) is 17.8. The Morgan fingerprint density at radius 2 is 2.04 bits per heavy atom. The molecule has 7 heteroatoms. The molecule has 1 heterocycles. The summed E-state index contributed by atoms with van der Waals surface area (Å²) >= 11 is 0. The van der Waals surface area contributed by atoms with Crippen LogP contribution in [0.3, 0.4) is 0 Å². The highest BCUT2D eigenvalue weighted by molar-refractivity contribution is 6.39. The van der Waals surface area contributed by atoms with Crippen molar-refractivity contribution < 1.29 is 14.4 Å². The normalized spacial score (nSPS) is 13.8. The lowest BCUT2D eigenvalue weighted by Gasteiger charge is -2.15. The van der Waals surface area contributed by atoms with Crippen molar-refractivity contribution in [2.45, 2.75) is 19.3 Å². The van der Waals surface area contributed by atoms with Gasteiger partial charge in [0.1, 0.15) is 0 Å². The standard InChI is InChI=1S/C17H24N4O3/c1-20(2)14-7-3-6-13(12-14)19-17(24)16(23)18-9-5-11-21-10-4-8-15(21)22/h3,6-7,12H,4-5,8-11H2,1-2H3,(H,18,23)(H,19,24). The molecule has 0 radical (unpaired) electrons. The number of hydrogen-bond acceptors (Lipinski definition) is 4. The zero-order chi connectivity index (χ0) is 17.5. The molecule has 24 heavy (non-hydrogen) atoms. The summed E-state index contributed by atoms with van der Waals surface area (Å²) in [6, 6.07) is 7.26. The summed E-state index contributed by atoms with van der Waals surface area (Å²) in [5.41, 5.74) is 1.51. The maximum absolute atomic E-state index is 11.9. The Kier molecular flexibility index (Phi) is 6.17. The van der Waals surface area contributed by atoms with Gasteiger partial charge in [0.25, 0.3) is 0 Å². The van der Waals surface area contributed by atoms with Crippen LogP contribution in [0.1, 0.15) is 19.3 Å². The fourth-order valence-corrected chi connectivity index (χ4v) is 2.54. The van der Waals surface area contributed by atoms with E-state index in [2.05, 4.69) is 10.6 Å². The molecule has 3 amide bonds. The molecule has 0 saturated carbocycles. The van der Waals surface area contributed by atoms with Crippen LogP contribution in [-0.4, -0.2) is 56.4 Å². The van der Waals surface area contributed by atoms with Gasteiger partial charge >= 0.3 is 11.8 Å². The molecule has 7 nitrogen and oxygen atoms in total. The van der Waals surface area contributed by atoms with Gasteiger partial charge in [0.2, 0.25) is 5.91 Å². The van der Waals surface area contributed by atoms with Crippen LogP contribution in [0.5, 0.6) is 0 Å². The smallest absolute Gasteiger partial charge is 0.313 e. The summed E-state index contributed by atoms with van der Waals surface area (Å²) in [5.74, 6) is -1.19. The van der Waals surface area contributed by atoms with Crippen molar-refractivity contribution in [2.24, 2.45) is 0 Å². The molecule has 130 valence electrons. The number of hydrogen-bond donors (Lipinski definition) is 2. The van der Waals surface area contributed by atoms with Crippen LogP contribution in [-0.2, 0) is 14.4 Å². The fraction of sp³-hybridized carbons (Fsp3) is 0.471. The van der Waals surface area contributed by atoms with Crippen LogP contribution >= 0.6 is 0 Å². The molecule has 0 aliphatic carbocycles. The summed E-state index contributed by atoms with van der Waals surface area (Å²) in [6.07, 6.45) is 2.15. The monoisotopic (exact) mass is 332 g/mol. The lowest BCUT2D eigenvalue weighted by atomic mass is 10.2. The maximum Gasteiger partial charge on any atom is 0.313 e. The molecule has 1 aromatic carbocycles. The van der Waals surface area contributed by atoms with E-state index in [4.69, 9.17) is 0 Å². The van der Waals surface area contributed by atoms with E-state index < -0.39 is 11.8 Å². The minimum Gasteiger partial charge on any atom is -0.378 e. The molecular weight excluding hydrogens is 308 g/mol. The van der Waals surface area contributed by atoms with E-state index >= 15 is 0 Å². The molecule has 1 aliphatic heterocycles. The number of carbonyl (C=O) groups is 3. The predicted octanol–water partition coefficient (Wildman–Crippen LogP) is 0.820. The lowest BCUT2D eigenvalue weighted by Crippen LogP contribution is -2.37. The Hall–Kier alpha value is -2.57. The fourth-order valence-electron chi connectivity index (χ4n) is 2.54. The number of nitrogens with one attached hydrogen (secondary N) is 2. The van der Waals surface area contributed by atoms with Crippen molar-refractivity contribution >= 4 is 29.1 Å². The molecule has 0 aromatic heterocycles. The molecule has 0 spiro atoms. The number of anilines is 2. The molecule has 0 unspecified atom stereocenters. The molecule has 0 bridgehead atoms. The van der Waals surface area contributed by atoms with Gasteiger partial charge in [0.15, 0.2) is 0 Å². The van der Waals surface area contributed by atoms with E-state index in [1.807, 2.05) is 31.1 Å². The summed E-state index contributed by atoms with van der Waals surface area (Å²) in [7, 11) is 3.80. The minimum absolute atomic E-state index is 0.167. The van der Waals surface area contributed by atoms with Crippen molar-refractivity contribution in [1.82, 2.24) is 10.2 Å². The highest BCUT2D eigenvalue weighted by atomic mass is 16.2. The SMILES string of the molecule is CN(C)c1cccc(NC(=O)C(=O)NCCCN2CCCC2=O)c1. The molecule has 2 rings (SSSR count). The first-order chi connectivity index (χ1) is 11.5. The van der Waals surface area contributed by atoms with Gasteiger partial charge in [-0.25, -0.2) is 0 Å². The average Bonchev–Trinajstić information content (AvgIpc) is 2.96. The van der Waals surface area contributed by atoms with Gasteiger partial charge in [-0.1, -0.05) is 6.07 Å². The second kappa shape index (κ2) is 8.33. The maximum atomic E-state index is 11.9. The summed E-state index contributed by atoms with van der Waals surface area (Å²) in [5, 5.41) is 5.16. The Morgan fingerprint density at radius 1 is 1.25 bits per heavy atom. The third-order valence-corrected chi connectivity index (χ3v) is 3.89. The Labute approximate surface area is 142 Å². The predicted molar refractivity (Wildman–Crippen MR) is 92.8 cm³/mol. The van der Waals surface area contributed by atoms with Crippen LogP contribution < -0.4 is 15.5 Å². The Balaban J connectivity index is 1.73. The van der Waals surface area contributed by atoms with E-state index in [9.17, 15) is 14.4 Å². The number of amides is 3. The third kappa shape index (κ3) is 4.97. The molecule has 1 aromatic rings. The van der Waals surface area contributed by atoms with Crippen LogP contribution in [0.25, 0.3) is 0 Å². The van der Waals surface area contributed by atoms with Crippen molar-refractivity contribution in [1.29, 1.82) is 0 Å². The average molecular weight is 332 g/mol. The first-order valence-corrected chi connectivity index (χ1v) is 8.11. The van der Waals surface area contributed by atoms with Crippen LogP contribution in [0, 0.1) is 0 Å². The van der Waals surface area contributed by atoms with Gasteiger partial charge < -0.3 is 20.4 Å². The van der Waals surface area contributed by atoms with Gasteiger partial charge in [-0.05, 0) is 31.0 Å². The molecular formula is C17H24N4O3. The number of nitrogens with zero attached hydrogens (tertiary/aromatic N) is 2. The highest BCUT2D eigenvalue weighted by Gasteiger charge is 2.19. The first-order valence-electron chi connectivity index (χ1n) is 8.11. The quantitative estimate of drug-likeness (QED) is 0.597. The Bertz CT molecular complexity index is 616. The zero-order valence-corrected chi connectivity index (χ0v) is 14.2. The minimum atomic E-state index is -0.692. The van der Waals surface area contributed by atoms with Crippen molar-refractivity contribution in [3.63, 3.8) is 0 Å².